The van der Waals surface area contributed by atoms with E-state index in [1.165, 1.54) is 0 Å². The van der Waals surface area contributed by atoms with Gasteiger partial charge in [-0.25, -0.2) is 15.0 Å². The molecule has 0 saturated carbocycles. The highest BCUT2D eigenvalue weighted by Gasteiger charge is 2.22. The Morgan fingerprint density at radius 3 is 1.02 bits per heavy atom. The van der Waals surface area contributed by atoms with E-state index in [1.54, 1.807) is 0 Å². The third-order valence-electron chi connectivity index (χ3n) is 9.49. The molecule has 0 radical (unpaired) electrons. The normalized spacial score (nSPS) is 11.7. The van der Waals surface area contributed by atoms with Gasteiger partial charge in [0, 0.05) is 37.2 Å². The summed E-state index contributed by atoms with van der Waals surface area (Å²) in [5, 5.41) is 0. The van der Waals surface area contributed by atoms with E-state index in [9.17, 15) is 0 Å². The monoisotopic (exact) mass is 680 g/mol. The van der Waals surface area contributed by atoms with Gasteiger partial charge in [0.1, 0.15) is 17.5 Å². The second-order valence-electron chi connectivity index (χ2n) is 13.0. The predicted octanol–water partition coefficient (Wildman–Crippen LogP) is 7.27. The Morgan fingerprint density at radius 2 is 0.712 bits per heavy atom. The molecule has 6 aromatic heterocycles. The van der Waals surface area contributed by atoms with Crippen LogP contribution in [0.3, 0.4) is 0 Å². The van der Waals surface area contributed by atoms with Gasteiger partial charge < -0.3 is 13.7 Å². The number of aromatic nitrogens is 9. The average molecular weight is 681 g/mol. The first-order valence-corrected chi connectivity index (χ1v) is 17.5. The van der Waals surface area contributed by atoms with Crippen molar-refractivity contribution in [3.63, 3.8) is 0 Å². The summed E-state index contributed by atoms with van der Waals surface area (Å²) in [5.74, 6) is 2.90. The number of nitrogens with zero attached hydrogens (tertiary/aromatic N) is 10. The molecule has 0 bridgehead atoms. The van der Waals surface area contributed by atoms with Crippen LogP contribution in [0.15, 0.2) is 146 Å². The molecule has 0 spiro atoms. The lowest BCUT2D eigenvalue weighted by Crippen LogP contribution is -2.28. The largest absolute Gasteiger partial charge is 0.322 e. The van der Waals surface area contributed by atoms with Gasteiger partial charge in [0.15, 0.2) is 0 Å². The van der Waals surface area contributed by atoms with Crippen molar-refractivity contribution in [3.05, 3.63) is 181 Å². The van der Waals surface area contributed by atoms with Gasteiger partial charge in [-0.15, -0.1) is 0 Å². The van der Waals surface area contributed by atoms with Crippen LogP contribution in [0.5, 0.6) is 0 Å². The van der Waals surface area contributed by atoms with E-state index < -0.39 is 0 Å². The summed E-state index contributed by atoms with van der Waals surface area (Å²) >= 11 is 0. The lowest BCUT2D eigenvalue weighted by atomic mass is 10.2. The minimum Gasteiger partial charge on any atom is -0.322 e. The summed E-state index contributed by atoms with van der Waals surface area (Å²) in [5.41, 5.74) is 9.54. The second kappa shape index (κ2) is 14.0. The quantitative estimate of drug-likeness (QED) is 0.134. The van der Waals surface area contributed by atoms with Crippen LogP contribution in [0.4, 0.5) is 0 Å². The fourth-order valence-electron chi connectivity index (χ4n) is 7.06. The van der Waals surface area contributed by atoms with Crippen LogP contribution in [0, 0.1) is 0 Å². The number of imidazole rings is 3. The maximum Gasteiger partial charge on any atom is 0.124 e. The molecule has 0 unspecified atom stereocenters. The van der Waals surface area contributed by atoms with Gasteiger partial charge in [-0.1, -0.05) is 54.6 Å². The van der Waals surface area contributed by atoms with E-state index >= 15 is 0 Å². The Morgan fingerprint density at radius 1 is 0.385 bits per heavy atom. The molecule has 9 aromatic rings. The van der Waals surface area contributed by atoms with Gasteiger partial charge in [-0.3, -0.25) is 19.9 Å². The molecule has 0 aliphatic heterocycles. The minimum absolute atomic E-state index is 0.571. The highest BCUT2D eigenvalue weighted by Crippen LogP contribution is 2.25. The van der Waals surface area contributed by atoms with Crippen LogP contribution in [0.25, 0.3) is 33.1 Å². The van der Waals surface area contributed by atoms with E-state index in [2.05, 4.69) is 106 Å². The SMILES string of the molecule is c1cncc(Cn2c(CN(Cc3nc4ccccc4n3Cc3cccnc3)Cc3nc4ccccc4n3Cc3cccnc3)nc3ccccc32)c1. The second-order valence-corrected chi connectivity index (χ2v) is 13.0. The van der Waals surface area contributed by atoms with E-state index in [0.717, 1.165) is 67.3 Å². The van der Waals surface area contributed by atoms with Crippen LogP contribution in [-0.2, 0) is 39.3 Å². The van der Waals surface area contributed by atoms with E-state index in [-0.39, 0.29) is 0 Å². The van der Waals surface area contributed by atoms with Crippen molar-refractivity contribution in [2.45, 2.75) is 39.3 Å². The van der Waals surface area contributed by atoms with E-state index in [4.69, 9.17) is 15.0 Å². The Hall–Kier alpha value is -6.52. The summed E-state index contributed by atoms with van der Waals surface area (Å²) in [4.78, 5) is 31.3. The molecule has 0 N–H and O–H groups in total. The van der Waals surface area contributed by atoms with Crippen LogP contribution in [0.2, 0.25) is 0 Å². The van der Waals surface area contributed by atoms with Crippen molar-refractivity contribution in [2.75, 3.05) is 0 Å². The molecule has 52 heavy (non-hydrogen) atoms. The highest BCUT2D eigenvalue weighted by atomic mass is 15.2. The molecule has 9 rings (SSSR count). The standard InChI is InChI=1S/C42H36N10/c1-4-16-37-34(13-1)46-40(50(37)25-31-10-7-19-43-22-31)28-49(29-41-47-35-14-2-5-17-38(35)51(41)26-32-11-8-20-44-23-32)30-42-48-36-15-3-6-18-39(36)52(42)27-33-12-9-21-45-24-33/h1-24H,25-30H2. The van der Waals surface area contributed by atoms with Crippen LogP contribution in [0.1, 0.15) is 34.2 Å². The van der Waals surface area contributed by atoms with Crippen LogP contribution < -0.4 is 0 Å². The van der Waals surface area contributed by atoms with Crippen molar-refractivity contribution < 1.29 is 0 Å². The molecule has 0 aliphatic rings. The lowest BCUT2D eigenvalue weighted by molar-refractivity contribution is 0.222. The first-order valence-electron chi connectivity index (χ1n) is 17.5. The summed E-state index contributed by atoms with van der Waals surface area (Å²) in [6.07, 6.45) is 11.2. The zero-order valence-corrected chi connectivity index (χ0v) is 28.6. The molecule has 254 valence electrons. The van der Waals surface area contributed by atoms with Crippen LogP contribution in [-0.4, -0.2) is 48.5 Å². The van der Waals surface area contributed by atoms with Crippen molar-refractivity contribution in [2.24, 2.45) is 0 Å². The first-order chi connectivity index (χ1) is 25.7. The van der Waals surface area contributed by atoms with Gasteiger partial charge >= 0.3 is 0 Å². The average Bonchev–Trinajstić information content (AvgIpc) is 3.83. The number of hydrogen-bond donors (Lipinski definition) is 0. The smallest absolute Gasteiger partial charge is 0.124 e. The molecule has 3 aromatic carbocycles. The Balaban J connectivity index is 1.16. The Labute approximate surface area is 300 Å². The van der Waals surface area contributed by atoms with Gasteiger partial charge in [-0.05, 0) is 71.3 Å². The third-order valence-corrected chi connectivity index (χ3v) is 9.49. The zero-order chi connectivity index (χ0) is 34.7. The van der Waals surface area contributed by atoms with Crippen molar-refractivity contribution in [3.8, 4) is 0 Å². The number of rotatable bonds is 12. The summed E-state index contributed by atoms with van der Waals surface area (Å²) in [7, 11) is 0. The number of pyridine rings is 3. The molecule has 10 nitrogen and oxygen atoms in total. The van der Waals surface area contributed by atoms with Gasteiger partial charge in [0.05, 0.1) is 72.4 Å². The molecule has 10 heteroatoms. The van der Waals surface area contributed by atoms with Crippen molar-refractivity contribution >= 4 is 33.1 Å². The van der Waals surface area contributed by atoms with Crippen molar-refractivity contribution in [1.29, 1.82) is 0 Å². The van der Waals surface area contributed by atoms with Crippen molar-refractivity contribution in [1.82, 2.24) is 48.5 Å². The zero-order valence-electron chi connectivity index (χ0n) is 28.6. The van der Waals surface area contributed by atoms with Gasteiger partial charge in [0.25, 0.3) is 0 Å². The predicted molar refractivity (Wildman–Crippen MR) is 202 cm³/mol. The molecule has 0 aliphatic carbocycles. The maximum atomic E-state index is 5.23. The highest BCUT2D eigenvalue weighted by molar-refractivity contribution is 5.77. The number of hydrogen-bond acceptors (Lipinski definition) is 7. The van der Waals surface area contributed by atoms with Gasteiger partial charge in [-0.2, -0.15) is 0 Å². The number of para-hydroxylation sites is 6. The molecule has 0 saturated heterocycles. The lowest BCUT2D eigenvalue weighted by Gasteiger charge is -2.23. The molecule has 0 atom stereocenters. The fraction of sp³-hybridized carbons (Fsp3) is 0.143. The Kier molecular flexibility index (Phi) is 8.47. The van der Waals surface area contributed by atoms with E-state index in [0.29, 0.717) is 39.3 Å². The molecule has 6 heterocycles. The maximum absolute atomic E-state index is 5.23. The number of fused-ring (bicyclic) bond motifs is 3. The Bertz CT molecular complexity index is 2300. The molecular formula is C42H36N10. The first kappa shape index (κ1) is 31.5. The minimum atomic E-state index is 0.571. The summed E-state index contributed by atoms with van der Waals surface area (Å²) in [6, 6.07) is 37.4. The summed E-state index contributed by atoms with van der Waals surface area (Å²) < 4.78 is 6.95. The molecule has 0 fully saturated rings. The van der Waals surface area contributed by atoms with E-state index in [1.807, 2.05) is 73.6 Å². The third kappa shape index (κ3) is 6.43. The van der Waals surface area contributed by atoms with Gasteiger partial charge in [0.2, 0.25) is 0 Å². The molecular weight excluding hydrogens is 645 g/mol. The summed E-state index contributed by atoms with van der Waals surface area (Å²) in [6.45, 7) is 3.70. The molecule has 0 amide bonds. The topological polar surface area (TPSA) is 95.4 Å². The van der Waals surface area contributed by atoms with Crippen LogP contribution >= 0.6 is 0 Å². The number of benzene rings is 3. The fourth-order valence-corrected chi connectivity index (χ4v) is 7.06.